The number of amides is 2. The monoisotopic (exact) mass is 327 g/mol. The van der Waals surface area contributed by atoms with E-state index in [1.54, 1.807) is 0 Å². The van der Waals surface area contributed by atoms with Crippen molar-refractivity contribution in [1.29, 1.82) is 0 Å². The smallest absolute Gasteiger partial charge is 0.305 e. The van der Waals surface area contributed by atoms with Crippen molar-refractivity contribution in [1.82, 2.24) is 10.6 Å². The molecule has 8 heteroatoms. The molecular formula is C15H25N3O5. The summed E-state index contributed by atoms with van der Waals surface area (Å²) in [6.07, 6.45) is 4.04. The number of carboxylic acid groups (broad SMARTS) is 1. The lowest BCUT2D eigenvalue weighted by atomic mass is 10.1. The molecule has 0 radical (unpaired) electrons. The van der Waals surface area contributed by atoms with Crippen LogP contribution in [-0.4, -0.2) is 54.7 Å². The summed E-state index contributed by atoms with van der Waals surface area (Å²) in [5, 5.41) is 14.2. The number of carbonyl (C=O) groups excluding carboxylic acids is 2. The van der Waals surface area contributed by atoms with Gasteiger partial charge in [-0.2, -0.15) is 0 Å². The molecule has 0 bridgehead atoms. The van der Waals surface area contributed by atoms with Gasteiger partial charge in [0.15, 0.2) is 0 Å². The maximum atomic E-state index is 12.4. The largest absolute Gasteiger partial charge is 0.481 e. The number of carboxylic acids is 1. The molecule has 2 aliphatic rings. The molecule has 2 fully saturated rings. The van der Waals surface area contributed by atoms with E-state index in [4.69, 9.17) is 15.6 Å². The lowest BCUT2D eigenvalue weighted by Gasteiger charge is -2.24. The van der Waals surface area contributed by atoms with Crippen LogP contribution in [0.2, 0.25) is 0 Å². The van der Waals surface area contributed by atoms with Crippen LogP contribution in [-0.2, 0) is 19.1 Å². The Labute approximate surface area is 135 Å². The number of carbonyl (C=O) groups is 3. The second kappa shape index (κ2) is 7.74. The van der Waals surface area contributed by atoms with Crippen LogP contribution in [0.4, 0.5) is 0 Å². The summed E-state index contributed by atoms with van der Waals surface area (Å²) >= 11 is 0. The molecule has 130 valence electrons. The lowest BCUT2D eigenvalue weighted by molar-refractivity contribution is -0.139. The fraction of sp³-hybridized carbons (Fsp3) is 0.800. The van der Waals surface area contributed by atoms with E-state index in [0.717, 1.165) is 25.7 Å². The van der Waals surface area contributed by atoms with Gasteiger partial charge < -0.3 is 26.2 Å². The van der Waals surface area contributed by atoms with Gasteiger partial charge in [-0.05, 0) is 37.5 Å². The van der Waals surface area contributed by atoms with Crippen molar-refractivity contribution >= 4 is 17.8 Å². The third kappa shape index (κ3) is 5.47. The van der Waals surface area contributed by atoms with Crippen molar-refractivity contribution in [2.24, 2.45) is 17.6 Å². The van der Waals surface area contributed by atoms with Crippen molar-refractivity contribution in [2.45, 2.75) is 50.2 Å². The topological polar surface area (TPSA) is 131 Å². The second-order valence-electron chi connectivity index (χ2n) is 6.43. The van der Waals surface area contributed by atoms with Gasteiger partial charge >= 0.3 is 5.97 Å². The summed E-state index contributed by atoms with van der Waals surface area (Å²) in [4.78, 5) is 34.9. The average molecular weight is 327 g/mol. The van der Waals surface area contributed by atoms with Crippen molar-refractivity contribution < 1.29 is 24.2 Å². The first-order chi connectivity index (χ1) is 10.9. The standard InChI is InChI=1S/C15H25N3O5/c1-23-7-11(17-14(21)10(16)6-12(19)20)15(22)18-13(8-2-3-8)9-4-5-9/h8-11,13H,2-7,16H2,1H3,(H,17,21)(H,18,22)(H,19,20)/t10-,11-/m0/s1. The fourth-order valence-electron chi connectivity index (χ4n) is 2.71. The summed E-state index contributed by atoms with van der Waals surface area (Å²) in [5.74, 6) is -1.05. The maximum Gasteiger partial charge on any atom is 0.305 e. The zero-order chi connectivity index (χ0) is 17.0. The van der Waals surface area contributed by atoms with Gasteiger partial charge in [0.1, 0.15) is 6.04 Å². The van der Waals surface area contributed by atoms with E-state index in [2.05, 4.69) is 10.6 Å². The fourth-order valence-corrected chi connectivity index (χ4v) is 2.71. The van der Waals surface area contributed by atoms with E-state index in [-0.39, 0.29) is 18.6 Å². The predicted octanol–water partition coefficient (Wildman–Crippen LogP) is -0.776. The van der Waals surface area contributed by atoms with Crippen molar-refractivity contribution in [3.63, 3.8) is 0 Å². The van der Waals surface area contributed by atoms with E-state index >= 15 is 0 Å². The number of nitrogens with two attached hydrogens (primary N) is 1. The average Bonchev–Trinajstić information content (AvgIpc) is 3.37. The SMILES string of the molecule is COC[C@H](NC(=O)[C@@H](N)CC(=O)O)C(=O)NC(C1CC1)C1CC1. The Morgan fingerprint density at radius 3 is 2.13 bits per heavy atom. The van der Waals surface area contributed by atoms with Gasteiger partial charge in [0.25, 0.3) is 0 Å². The van der Waals surface area contributed by atoms with Crippen LogP contribution in [0.15, 0.2) is 0 Å². The van der Waals surface area contributed by atoms with E-state index in [0.29, 0.717) is 11.8 Å². The van der Waals surface area contributed by atoms with Crippen molar-refractivity contribution in [2.75, 3.05) is 13.7 Å². The van der Waals surface area contributed by atoms with Gasteiger partial charge in [-0.3, -0.25) is 14.4 Å². The molecular weight excluding hydrogens is 302 g/mol. The van der Waals surface area contributed by atoms with Crippen LogP contribution in [0.5, 0.6) is 0 Å². The third-order valence-electron chi connectivity index (χ3n) is 4.27. The molecule has 2 saturated carbocycles. The third-order valence-corrected chi connectivity index (χ3v) is 4.27. The highest BCUT2D eigenvalue weighted by molar-refractivity contribution is 5.91. The van der Waals surface area contributed by atoms with E-state index in [9.17, 15) is 14.4 Å². The minimum Gasteiger partial charge on any atom is -0.481 e. The Hall–Kier alpha value is -1.67. The van der Waals surface area contributed by atoms with Gasteiger partial charge in [-0.15, -0.1) is 0 Å². The number of ether oxygens (including phenoxy) is 1. The molecule has 0 aromatic heterocycles. The van der Waals surface area contributed by atoms with Crippen LogP contribution in [0, 0.1) is 11.8 Å². The predicted molar refractivity (Wildman–Crippen MR) is 81.4 cm³/mol. The van der Waals surface area contributed by atoms with E-state index in [1.165, 1.54) is 7.11 Å². The molecule has 23 heavy (non-hydrogen) atoms. The molecule has 0 aromatic rings. The van der Waals surface area contributed by atoms with Gasteiger partial charge in [0, 0.05) is 13.2 Å². The summed E-state index contributed by atoms with van der Waals surface area (Å²) in [5.41, 5.74) is 5.52. The molecule has 0 aromatic carbocycles. The van der Waals surface area contributed by atoms with Crippen LogP contribution in [0.25, 0.3) is 0 Å². The number of aliphatic carboxylic acids is 1. The summed E-state index contributed by atoms with van der Waals surface area (Å²) in [7, 11) is 1.43. The molecule has 8 nitrogen and oxygen atoms in total. The zero-order valence-corrected chi connectivity index (χ0v) is 13.3. The number of hydrogen-bond donors (Lipinski definition) is 4. The normalized spacial score (nSPS) is 20.0. The lowest BCUT2D eigenvalue weighted by Crippen LogP contribution is -2.55. The molecule has 0 spiro atoms. The minimum atomic E-state index is -1.19. The highest BCUT2D eigenvalue weighted by atomic mass is 16.5. The number of rotatable bonds is 10. The Bertz CT molecular complexity index is 450. The Morgan fingerprint density at radius 2 is 1.70 bits per heavy atom. The zero-order valence-electron chi connectivity index (χ0n) is 13.3. The molecule has 2 aliphatic carbocycles. The molecule has 2 atom stereocenters. The highest BCUT2D eigenvalue weighted by Crippen LogP contribution is 2.44. The van der Waals surface area contributed by atoms with E-state index < -0.39 is 30.4 Å². The summed E-state index contributed by atoms with van der Waals surface area (Å²) in [6, 6.07) is -1.89. The molecule has 2 amide bonds. The molecule has 0 unspecified atom stereocenters. The summed E-state index contributed by atoms with van der Waals surface area (Å²) < 4.78 is 4.99. The first kappa shape index (κ1) is 17.7. The van der Waals surface area contributed by atoms with Crippen LogP contribution in [0.3, 0.4) is 0 Å². The molecule has 0 heterocycles. The van der Waals surface area contributed by atoms with E-state index in [1.807, 2.05) is 0 Å². The van der Waals surface area contributed by atoms with Crippen LogP contribution >= 0.6 is 0 Å². The second-order valence-corrected chi connectivity index (χ2v) is 6.43. The molecule has 0 saturated heterocycles. The molecule has 5 N–H and O–H groups in total. The first-order valence-electron chi connectivity index (χ1n) is 7.99. The van der Waals surface area contributed by atoms with Gasteiger partial charge in [-0.25, -0.2) is 0 Å². The highest BCUT2D eigenvalue weighted by Gasteiger charge is 2.43. The number of hydrogen-bond acceptors (Lipinski definition) is 5. The first-order valence-corrected chi connectivity index (χ1v) is 7.99. The quantitative estimate of drug-likeness (QED) is 0.416. The summed E-state index contributed by atoms with van der Waals surface area (Å²) in [6.45, 7) is 0.0133. The van der Waals surface area contributed by atoms with Crippen LogP contribution < -0.4 is 16.4 Å². The number of methoxy groups -OCH3 is 1. The van der Waals surface area contributed by atoms with Crippen molar-refractivity contribution in [3.05, 3.63) is 0 Å². The van der Waals surface area contributed by atoms with Gasteiger partial charge in [0.05, 0.1) is 19.1 Å². The molecule has 2 rings (SSSR count). The number of nitrogens with one attached hydrogen (secondary N) is 2. The van der Waals surface area contributed by atoms with Crippen LogP contribution in [0.1, 0.15) is 32.1 Å². The van der Waals surface area contributed by atoms with Gasteiger partial charge in [-0.1, -0.05) is 0 Å². The van der Waals surface area contributed by atoms with Gasteiger partial charge in [0.2, 0.25) is 11.8 Å². The minimum absolute atomic E-state index is 0.0133. The Morgan fingerprint density at radius 1 is 1.13 bits per heavy atom. The van der Waals surface area contributed by atoms with Crippen molar-refractivity contribution in [3.8, 4) is 0 Å². The maximum absolute atomic E-state index is 12.4. The molecule has 0 aliphatic heterocycles. The Balaban J connectivity index is 1.89. The Kier molecular flexibility index (Phi) is 5.95.